The summed E-state index contributed by atoms with van der Waals surface area (Å²) in [6.45, 7) is 4.07. The van der Waals surface area contributed by atoms with E-state index in [0.717, 1.165) is 11.1 Å². The molecule has 2 heterocycles. The molecule has 2 fully saturated rings. The molecule has 2 aliphatic rings. The molecule has 1 aromatic rings. The Balaban J connectivity index is 2.16. The largest absolute Gasteiger partial charge is 0.468 e. The van der Waals surface area contributed by atoms with E-state index in [4.69, 9.17) is 4.74 Å². The standard InChI is InChI=1S/C20H26N2O4S/c1-5-22-17(23)14-15(18(22)24)20(10-11-27-4,19(25)26-3)21-16(14)13-9-7-6-8-12(13)2/h6-9,14-16,21H,5,10-11H2,1-4H3/t14-,15+,16-,20-/m0/s1. The predicted octanol–water partition coefficient (Wildman–Crippen LogP) is 1.93. The quantitative estimate of drug-likeness (QED) is 0.591. The zero-order valence-electron chi connectivity index (χ0n) is 16.2. The number of methoxy groups -OCH3 is 1. The fourth-order valence-corrected chi connectivity index (χ4v) is 5.07. The van der Waals surface area contributed by atoms with Crippen LogP contribution in [0.1, 0.15) is 30.5 Å². The number of hydrogen-bond acceptors (Lipinski definition) is 6. The summed E-state index contributed by atoms with van der Waals surface area (Å²) in [5.74, 6) is -1.61. The van der Waals surface area contributed by atoms with E-state index < -0.39 is 29.4 Å². The first-order valence-electron chi connectivity index (χ1n) is 9.18. The molecule has 7 heteroatoms. The first kappa shape index (κ1) is 19.9. The van der Waals surface area contributed by atoms with Gasteiger partial charge in [0.05, 0.1) is 18.9 Å². The molecule has 0 radical (unpaired) electrons. The minimum Gasteiger partial charge on any atom is -0.468 e. The number of hydrogen-bond donors (Lipinski definition) is 1. The number of carbonyl (C=O) groups is 3. The fraction of sp³-hybridized carbons (Fsp3) is 0.550. The van der Waals surface area contributed by atoms with Crippen molar-refractivity contribution in [2.75, 3.05) is 25.7 Å². The SMILES string of the molecule is CCN1C(=O)[C@@H]2[C@H](c3ccccc3C)N[C@](CCSC)(C(=O)OC)[C@H]2C1=O. The lowest BCUT2D eigenvalue weighted by Gasteiger charge is -2.32. The van der Waals surface area contributed by atoms with Crippen molar-refractivity contribution in [1.29, 1.82) is 0 Å². The summed E-state index contributed by atoms with van der Waals surface area (Å²) in [6, 6.07) is 7.39. The number of aryl methyl sites for hydroxylation is 1. The number of carbonyl (C=O) groups excluding carboxylic acids is 3. The van der Waals surface area contributed by atoms with Gasteiger partial charge in [0.2, 0.25) is 11.8 Å². The molecule has 6 nitrogen and oxygen atoms in total. The van der Waals surface area contributed by atoms with Crippen LogP contribution in [0.25, 0.3) is 0 Å². The van der Waals surface area contributed by atoms with Crippen LogP contribution in [0.15, 0.2) is 24.3 Å². The molecule has 27 heavy (non-hydrogen) atoms. The molecule has 146 valence electrons. The number of thioether (sulfide) groups is 1. The molecule has 0 aliphatic carbocycles. The van der Waals surface area contributed by atoms with Crippen LogP contribution in [0.2, 0.25) is 0 Å². The maximum atomic E-state index is 13.1. The first-order valence-corrected chi connectivity index (χ1v) is 10.6. The van der Waals surface area contributed by atoms with Gasteiger partial charge in [-0.2, -0.15) is 11.8 Å². The second-order valence-electron chi connectivity index (χ2n) is 7.11. The highest BCUT2D eigenvalue weighted by Crippen LogP contribution is 2.51. The van der Waals surface area contributed by atoms with Crippen LogP contribution in [-0.2, 0) is 19.1 Å². The number of likely N-dealkylation sites (tertiary alicyclic amines) is 1. The van der Waals surface area contributed by atoms with Gasteiger partial charge in [0, 0.05) is 12.6 Å². The minimum atomic E-state index is -1.19. The summed E-state index contributed by atoms with van der Waals surface area (Å²) < 4.78 is 5.12. The number of benzene rings is 1. The molecule has 0 spiro atoms. The lowest BCUT2D eigenvalue weighted by Crippen LogP contribution is -2.56. The Morgan fingerprint density at radius 3 is 2.59 bits per heavy atom. The Hall–Kier alpha value is -1.86. The van der Waals surface area contributed by atoms with Gasteiger partial charge in [0.15, 0.2) is 0 Å². The van der Waals surface area contributed by atoms with Crippen molar-refractivity contribution >= 4 is 29.5 Å². The molecule has 4 atom stereocenters. The average Bonchev–Trinajstić information content (AvgIpc) is 3.14. The van der Waals surface area contributed by atoms with Crippen molar-refractivity contribution < 1.29 is 19.1 Å². The summed E-state index contributed by atoms with van der Waals surface area (Å²) in [7, 11) is 1.33. The number of amides is 2. The van der Waals surface area contributed by atoms with Crippen molar-refractivity contribution in [2.45, 2.75) is 31.8 Å². The Bertz CT molecular complexity index is 768. The molecular weight excluding hydrogens is 364 g/mol. The molecule has 1 aromatic carbocycles. The molecule has 0 bridgehead atoms. The van der Waals surface area contributed by atoms with Crippen LogP contribution in [-0.4, -0.2) is 53.9 Å². The van der Waals surface area contributed by atoms with E-state index in [2.05, 4.69) is 5.32 Å². The maximum Gasteiger partial charge on any atom is 0.326 e. The Morgan fingerprint density at radius 1 is 1.30 bits per heavy atom. The number of ether oxygens (including phenoxy) is 1. The van der Waals surface area contributed by atoms with E-state index >= 15 is 0 Å². The summed E-state index contributed by atoms with van der Waals surface area (Å²) >= 11 is 1.60. The fourth-order valence-electron chi connectivity index (χ4n) is 4.54. The predicted molar refractivity (Wildman–Crippen MR) is 104 cm³/mol. The van der Waals surface area contributed by atoms with Gasteiger partial charge >= 0.3 is 5.97 Å². The van der Waals surface area contributed by atoms with Crippen molar-refractivity contribution in [3.05, 3.63) is 35.4 Å². The number of nitrogens with one attached hydrogen (secondary N) is 1. The second kappa shape index (κ2) is 7.64. The van der Waals surface area contributed by atoms with Gasteiger partial charge in [-0.3, -0.25) is 24.6 Å². The third kappa shape index (κ3) is 2.97. The lowest BCUT2D eigenvalue weighted by atomic mass is 9.77. The topological polar surface area (TPSA) is 75.7 Å². The number of nitrogens with zero attached hydrogens (tertiary/aromatic N) is 1. The van der Waals surface area contributed by atoms with Crippen LogP contribution in [0.5, 0.6) is 0 Å². The molecule has 1 N–H and O–H groups in total. The van der Waals surface area contributed by atoms with Gasteiger partial charge in [0.25, 0.3) is 0 Å². The molecule has 0 saturated carbocycles. The number of esters is 1. The molecule has 2 aliphatic heterocycles. The highest BCUT2D eigenvalue weighted by molar-refractivity contribution is 7.98. The van der Waals surface area contributed by atoms with Crippen molar-refractivity contribution in [3.63, 3.8) is 0 Å². The molecule has 2 saturated heterocycles. The van der Waals surface area contributed by atoms with Crippen LogP contribution in [0.3, 0.4) is 0 Å². The third-order valence-corrected chi connectivity index (χ3v) is 6.45. The third-order valence-electron chi connectivity index (χ3n) is 5.84. The summed E-state index contributed by atoms with van der Waals surface area (Å²) in [5.41, 5.74) is 0.780. The molecular formula is C20H26N2O4S. The van der Waals surface area contributed by atoms with E-state index in [0.29, 0.717) is 18.7 Å². The van der Waals surface area contributed by atoms with Gasteiger partial charge in [-0.1, -0.05) is 24.3 Å². The van der Waals surface area contributed by atoms with E-state index in [1.165, 1.54) is 12.0 Å². The molecule has 0 aromatic heterocycles. The summed E-state index contributed by atoms with van der Waals surface area (Å²) in [4.78, 5) is 40.5. The van der Waals surface area contributed by atoms with Gasteiger partial charge < -0.3 is 4.74 Å². The monoisotopic (exact) mass is 390 g/mol. The van der Waals surface area contributed by atoms with Gasteiger partial charge in [-0.15, -0.1) is 0 Å². The minimum absolute atomic E-state index is 0.205. The number of fused-ring (bicyclic) bond motifs is 1. The zero-order chi connectivity index (χ0) is 19.8. The number of rotatable bonds is 6. The van der Waals surface area contributed by atoms with E-state index in [-0.39, 0.29) is 11.8 Å². The smallest absolute Gasteiger partial charge is 0.326 e. The number of imide groups is 1. The molecule has 3 rings (SSSR count). The van der Waals surface area contributed by atoms with Crippen molar-refractivity contribution in [1.82, 2.24) is 10.2 Å². The van der Waals surface area contributed by atoms with E-state index in [9.17, 15) is 14.4 Å². The van der Waals surface area contributed by atoms with Crippen LogP contribution in [0.4, 0.5) is 0 Å². The average molecular weight is 391 g/mol. The van der Waals surface area contributed by atoms with Crippen molar-refractivity contribution in [3.8, 4) is 0 Å². The van der Waals surface area contributed by atoms with Gasteiger partial charge in [0.1, 0.15) is 5.54 Å². The van der Waals surface area contributed by atoms with Crippen LogP contribution < -0.4 is 5.32 Å². The van der Waals surface area contributed by atoms with Crippen LogP contribution in [0, 0.1) is 18.8 Å². The molecule has 0 unspecified atom stereocenters. The Kier molecular flexibility index (Phi) is 5.63. The van der Waals surface area contributed by atoms with Gasteiger partial charge in [-0.05, 0) is 43.4 Å². The van der Waals surface area contributed by atoms with E-state index in [1.807, 2.05) is 37.4 Å². The first-order chi connectivity index (χ1) is 12.9. The lowest BCUT2D eigenvalue weighted by molar-refractivity contribution is -0.154. The van der Waals surface area contributed by atoms with Gasteiger partial charge in [-0.25, -0.2) is 0 Å². The van der Waals surface area contributed by atoms with E-state index in [1.54, 1.807) is 18.7 Å². The summed E-state index contributed by atoms with van der Waals surface area (Å²) in [5, 5.41) is 3.40. The summed E-state index contributed by atoms with van der Waals surface area (Å²) in [6.07, 6.45) is 2.39. The normalized spacial score (nSPS) is 29.9. The Labute approximate surface area is 164 Å². The highest BCUT2D eigenvalue weighted by Gasteiger charge is 2.68. The van der Waals surface area contributed by atoms with Crippen LogP contribution >= 0.6 is 11.8 Å². The highest BCUT2D eigenvalue weighted by atomic mass is 32.2. The zero-order valence-corrected chi connectivity index (χ0v) is 17.0. The Morgan fingerprint density at radius 2 is 2.00 bits per heavy atom. The van der Waals surface area contributed by atoms with Crippen molar-refractivity contribution in [2.24, 2.45) is 11.8 Å². The maximum absolute atomic E-state index is 13.1. The second-order valence-corrected chi connectivity index (χ2v) is 8.09. The molecule has 2 amide bonds.